The predicted molar refractivity (Wildman–Crippen MR) is 51.3 cm³/mol. The van der Waals surface area contributed by atoms with Gasteiger partial charge in [-0.25, -0.2) is 0 Å². The molecule has 1 aromatic heterocycles. The second kappa shape index (κ2) is 3.76. The van der Waals surface area contributed by atoms with Gasteiger partial charge in [0.2, 0.25) is 0 Å². The van der Waals surface area contributed by atoms with E-state index in [1.165, 1.54) is 0 Å². The summed E-state index contributed by atoms with van der Waals surface area (Å²) < 4.78 is 0. The number of aromatic amines is 1. The Balaban J connectivity index is 3.27. The van der Waals surface area contributed by atoms with Crippen LogP contribution in [0.5, 0.6) is 0 Å². The lowest BCUT2D eigenvalue weighted by atomic mass is 10.2. The van der Waals surface area contributed by atoms with Gasteiger partial charge < -0.3 is 10.3 Å². The molecule has 0 unspecified atom stereocenters. The summed E-state index contributed by atoms with van der Waals surface area (Å²) in [4.78, 5) is 13.8. The SMILES string of the molecule is C/C=C\c1cc[nH]c(=O)c1NC. The Morgan fingerprint density at radius 3 is 2.92 bits per heavy atom. The quantitative estimate of drug-likeness (QED) is 0.694. The third kappa shape index (κ3) is 1.56. The summed E-state index contributed by atoms with van der Waals surface area (Å²) in [5.74, 6) is 0. The molecule has 0 aliphatic heterocycles. The summed E-state index contributed by atoms with van der Waals surface area (Å²) in [7, 11) is 1.73. The van der Waals surface area contributed by atoms with E-state index in [2.05, 4.69) is 10.3 Å². The van der Waals surface area contributed by atoms with E-state index in [1.54, 1.807) is 13.2 Å². The van der Waals surface area contributed by atoms with Crippen LogP contribution in [-0.4, -0.2) is 12.0 Å². The molecule has 0 atom stereocenters. The highest BCUT2D eigenvalue weighted by Crippen LogP contribution is 2.09. The molecule has 12 heavy (non-hydrogen) atoms. The summed E-state index contributed by atoms with van der Waals surface area (Å²) in [6.45, 7) is 1.92. The second-order valence-electron chi connectivity index (χ2n) is 2.39. The maximum Gasteiger partial charge on any atom is 0.271 e. The van der Waals surface area contributed by atoms with E-state index in [0.717, 1.165) is 5.56 Å². The first-order chi connectivity index (χ1) is 5.79. The van der Waals surface area contributed by atoms with Crippen molar-refractivity contribution < 1.29 is 0 Å². The van der Waals surface area contributed by atoms with Crippen molar-refractivity contribution >= 4 is 11.8 Å². The van der Waals surface area contributed by atoms with Crippen molar-refractivity contribution in [3.05, 3.63) is 34.3 Å². The molecule has 1 rings (SSSR count). The lowest BCUT2D eigenvalue weighted by molar-refractivity contribution is 1.22. The lowest BCUT2D eigenvalue weighted by Crippen LogP contribution is -2.12. The number of allylic oxidation sites excluding steroid dienone is 1. The Kier molecular flexibility index (Phi) is 2.69. The molecule has 0 radical (unpaired) electrons. The Bertz CT molecular complexity index is 339. The highest BCUT2D eigenvalue weighted by Gasteiger charge is 1.99. The average molecular weight is 164 g/mol. The van der Waals surface area contributed by atoms with Gasteiger partial charge in [0.15, 0.2) is 0 Å². The highest BCUT2D eigenvalue weighted by molar-refractivity contribution is 5.64. The van der Waals surface area contributed by atoms with Crippen LogP contribution in [0, 0.1) is 0 Å². The Morgan fingerprint density at radius 1 is 1.58 bits per heavy atom. The molecule has 0 aliphatic carbocycles. The van der Waals surface area contributed by atoms with Gasteiger partial charge in [0, 0.05) is 18.8 Å². The predicted octanol–water partition coefficient (Wildman–Crippen LogP) is 1.45. The van der Waals surface area contributed by atoms with E-state index in [4.69, 9.17) is 0 Å². The van der Waals surface area contributed by atoms with Crippen molar-refractivity contribution in [3.63, 3.8) is 0 Å². The van der Waals surface area contributed by atoms with Crippen LogP contribution in [-0.2, 0) is 0 Å². The molecule has 3 heteroatoms. The number of anilines is 1. The molecule has 0 amide bonds. The molecule has 0 fully saturated rings. The van der Waals surface area contributed by atoms with Crippen LogP contribution in [0.2, 0.25) is 0 Å². The van der Waals surface area contributed by atoms with Gasteiger partial charge in [0.25, 0.3) is 5.56 Å². The van der Waals surface area contributed by atoms with Gasteiger partial charge in [-0.15, -0.1) is 0 Å². The maximum atomic E-state index is 11.2. The van der Waals surface area contributed by atoms with Gasteiger partial charge in [0.05, 0.1) is 0 Å². The van der Waals surface area contributed by atoms with Gasteiger partial charge >= 0.3 is 0 Å². The van der Waals surface area contributed by atoms with Gasteiger partial charge in [-0.1, -0.05) is 12.2 Å². The first kappa shape index (κ1) is 8.59. The fourth-order valence-electron chi connectivity index (χ4n) is 1.07. The van der Waals surface area contributed by atoms with Crippen LogP contribution in [0.4, 0.5) is 5.69 Å². The average Bonchev–Trinajstić information content (AvgIpc) is 2.05. The zero-order valence-corrected chi connectivity index (χ0v) is 7.22. The number of nitrogens with one attached hydrogen (secondary N) is 2. The van der Waals surface area contributed by atoms with E-state index in [-0.39, 0.29) is 5.56 Å². The minimum Gasteiger partial charge on any atom is -0.383 e. The van der Waals surface area contributed by atoms with Gasteiger partial charge in [-0.05, 0) is 13.0 Å². The monoisotopic (exact) mass is 164 g/mol. The lowest BCUT2D eigenvalue weighted by Gasteiger charge is -2.01. The third-order valence-electron chi connectivity index (χ3n) is 1.59. The summed E-state index contributed by atoms with van der Waals surface area (Å²) in [6.07, 6.45) is 5.43. The van der Waals surface area contributed by atoms with Crippen molar-refractivity contribution in [2.24, 2.45) is 0 Å². The van der Waals surface area contributed by atoms with Gasteiger partial charge in [0.1, 0.15) is 5.69 Å². The molecule has 0 saturated carbocycles. The summed E-state index contributed by atoms with van der Waals surface area (Å²) in [6, 6.07) is 1.85. The first-order valence-electron chi connectivity index (χ1n) is 3.81. The molecule has 1 heterocycles. The molecular formula is C9H12N2O. The van der Waals surface area contributed by atoms with Crippen LogP contribution in [0.3, 0.4) is 0 Å². The summed E-state index contributed by atoms with van der Waals surface area (Å²) >= 11 is 0. The molecule has 2 N–H and O–H groups in total. The molecular weight excluding hydrogens is 152 g/mol. The van der Waals surface area contributed by atoms with Crippen LogP contribution >= 0.6 is 0 Å². The number of hydrogen-bond donors (Lipinski definition) is 2. The van der Waals surface area contributed by atoms with Crippen molar-refractivity contribution in [3.8, 4) is 0 Å². The normalized spacial score (nSPS) is 10.5. The Morgan fingerprint density at radius 2 is 2.33 bits per heavy atom. The van der Waals surface area contributed by atoms with E-state index in [1.807, 2.05) is 25.1 Å². The Hall–Kier alpha value is -1.51. The van der Waals surface area contributed by atoms with Crippen LogP contribution < -0.4 is 10.9 Å². The van der Waals surface area contributed by atoms with Crippen LogP contribution in [0.15, 0.2) is 23.1 Å². The third-order valence-corrected chi connectivity index (χ3v) is 1.59. The molecule has 0 saturated heterocycles. The minimum absolute atomic E-state index is 0.0897. The van der Waals surface area contributed by atoms with Crippen molar-refractivity contribution in [2.45, 2.75) is 6.92 Å². The largest absolute Gasteiger partial charge is 0.383 e. The van der Waals surface area contributed by atoms with Crippen LogP contribution in [0.25, 0.3) is 6.08 Å². The standard InChI is InChI=1S/C9H12N2O/c1-3-4-7-5-6-11-9(12)8(7)10-2/h3-6,10H,1-2H3,(H,11,12)/b4-3-. The molecule has 64 valence electrons. The number of rotatable bonds is 2. The smallest absolute Gasteiger partial charge is 0.271 e. The fraction of sp³-hybridized carbons (Fsp3) is 0.222. The minimum atomic E-state index is -0.0897. The van der Waals surface area contributed by atoms with E-state index in [9.17, 15) is 4.79 Å². The molecule has 3 nitrogen and oxygen atoms in total. The van der Waals surface area contributed by atoms with Crippen molar-refractivity contribution in [2.75, 3.05) is 12.4 Å². The number of H-pyrrole nitrogens is 1. The highest BCUT2D eigenvalue weighted by atomic mass is 16.1. The van der Waals surface area contributed by atoms with Crippen molar-refractivity contribution in [1.29, 1.82) is 0 Å². The van der Waals surface area contributed by atoms with E-state index < -0.39 is 0 Å². The number of hydrogen-bond acceptors (Lipinski definition) is 2. The Labute approximate surface area is 71.1 Å². The zero-order valence-electron chi connectivity index (χ0n) is 7.22. The molecule has 0 bridgehead atoms. The topological polar surface area (TPSA) is 44.9 Å². The number of pyridine rings is 1. The van der Waals surface area contributed by atoms with Crippen molar-refractivity contribution in [1.82, 2.24) is 4.98 Å². The van der Waals surface area contributed by atoms with Gasteiger partial charge in [-0.3, -0.25) is 4.79 Å². The molecule has 0 aliphatic rings. The first-order valence-corrected chi connectivity index (χ1v) is 3.81. The van der Waals surface area contributed by atoms with Crippen LogP contribution in [0.1, 0.15) is 12.5 Å². The summed E-state index contributed by atoms with van der Waals surface area (Å²) in [5, 5.41) is 2.85. The van der Waals surface area contributed by atoms with Gasteiger partial charge in [-0.2, -0.15) is 0 Å². The summed E-state index contributed by atoms with van der Waals surface area (Å²) in [5.41, 5.74) is 1.42. The number of aromatic nitrogens is 1. The zero-order chi connectivity index (χ0) is 8.97. The molecule has 0 aromatic carbocycles. The van der Waals surface area contributed by atoms with E-state index in [0.29, 0.717) is 5.69 Å². The molecule has 0 spiro atoms. The fourth-order valence-corrected chi connectivity index (χ4v) is 1.07. The molecule has 1 aromatic rings. The maximum absolute atomic E-state index is 11.2. The van der Waals surface area contributed by atoms with E-state index >= 15 is 0 Å². The second-order valence-corrected chi connectivity index (χ2v) is 2.39.